The summed E-state index contributed by atoms with van der Waals surface area (Å²) >= 11 is 0. The Morgan fingerprint density at radius 3 is 2.03 bits per heavy atom. The fourth-order valence-corrected chi connectivity index (χ4v) is 4.71. The highest BCUT2D eigenvalue weighted by Crippen LogP contribution is 2.37. The second-order valence-electron chi connectivity index (χ2n) is 8.56. The zero-order valence-corrected chi connectivity index (χ0v) is 18.0. The van der Waals surface area contributed by atoms with Gasteiger partial charge in [0.2, 0.25) is 0 Å². The molecule has 5 heterocycles. The van der Waals surface area contributed by atoms with E-state index in [1.165, 1.54) is 6.92 Å². The zero-order valence-electron chi connectivity index (χ0n) is 18.0. The van der Waals surface area contributed by atoms with Crippen molar-refractivity contribution in [3.8, 4) is 5.82 Å². The predicted octanol–water partition coefficient (Wildman–Crippen LogP) is 2.97. The summed E-state index contributed by atoms with van der Waals surface area (Å²) in [6.45, 7) is 8.29. The molecule has 0 bridgehead atoms. The van der Waals surface area contributed by atoms with Crippen molar-refractivity contribution in [2.24, 2.45) is 11.8 Å². The van der Waals surface area contributed by atoms with Crippen LogP contribution in [0.3, 0.4) is 0 Å². The van der Waals surface area contributed by atoms with E-state index in [9.17, 15) is 13.2 Å². The first-order valence-corrected chi connectivity index (χ1v) is 10.5. The molecule has 2 atom stereocenters. The summed E-state index contributed by atoms with van der Waals surface area (Å²) in [5.74, 6) is 2.68. The molecule has 5 rings (SSSR count). The molecule has 3 aromatic rings. The highest BCUT2D eigenvalue weighted by Gasteiger charge is 2.42. The average molecular weight is 444 g/mol. The molecule has 168 valence electrons. The standard InChI is InChI=1S/C21H23F3N8/c1-12-4-13(2)32(29-12)19-6-18(25-11-26-19)30-7-15-9-31(10-16(15)8-30)20-5-17(21(22,23)24)27-14(3)28-20/h4-6,11,15-16H,7-10H2,1-3H3. The molecule has 0 aliphatic carbocycles. The maximum absolute atomic E-state index is 13.2. The number of fused-ring (bicyclic) bond motifs is 1. The van der Waals surface area contributed by atoms with Crippen LogP contribution in [0.1, 0.15) is 22.9 Å². The van der Waals surface area contributed by atoms with Crippen LogP contribution in [0, 0.1) is 32.6 Å². The minimum absolute atomic E-state index is 0.131. The van der Waals surface area contributed by atoms with E-state index < -0.39 is 11.9 Å². The molecule has 8 nitrogen and oxygen atoms in total. The van der Waals surface area contributed by atoms with Crippen LogP contribution in [0.25, 0.3) is 5.82 Å². The van der Waals surface area contributed by atoms with E-state index in [1.54, 1.807) is 11.0 Å². The van der Waals surface area contributed by atoms with Gasteiger partial charge in [-0.05, 0) is 26.8 Å². The third-order valence-electron chi connectivity index (χ3n) is 6.11. The maximum Gasteiger partial charge on any atom is 0.433 e. The van der Waals surface area contributed by atoms with Gasteiger partial charge in [0, 0.05) is 55.8 Å². The van der Waals surface area contributed by atoms with E-state index in [4.69, 9.17) is 0 Å². The summed E-state index contributed by atoms with van der Waals surface area (Å²) in [5.41, 5.74) is 1.03. The van der Waals surface area contributed by atoms with Gasteiger partial charge in [0.15, 0.2) is 5.82 Å². The van der Waals surface area contributed by atoms with Crippen molar-refractivity contribution < 1.29 is 13.2 Å². The van der Waals surface area contributed by atoms with E-state index in [0.29, 0.717) is 30.7 Å². The lowest BCUT2D eigenvalue weighted by Crippen LogP contribution is -2.30. The number of hydrogen-bond acceptors (Lipinski definition) is 7. The quantitative estimate of drug-likeness (QED) is 0.615. The third kappa shape index (κ3) is 3.76. The fraction of sp³-hybridized carbons (Fsp3) is 0.476. The molecule has 2 fully saturated rings. The number of nitrogens with zero attached hydrogens (tertiary/aromatic N) is 8. The van der Waals surface area contributed by atoms with Crippen molar-refractivity contribution in [1.82, 2.24) is 29.7 Å². The molecule has 0 N–H and O–H groups in total. The Morgan fingerprint density at radius 1 is 0.812 bits per heavy atom. The van der Waals surface area contributed by atoms with Crippen molar-refractivity contribution in [3.05, 3.63) is 47.4 Å². The molecule has 0 radical (unpaired) electrons. The van der Waals surface area contributed by atoms with Gasteiger partial charge in [-0.25, -0.2) is 24.6 Å². The Labute approximate surface area is 183 Å². The molecular weight excluding hydrogens is 421 g/mol. The van der Waals surface area contributed by atoms with Crippen molar-refractivity contribution >= 4 is 11.6 Å². The molecule has 2 aliphatic rings. The molecule has 0 aromatic carbocycles. The number of rotatable bonds is 3. The number of halogens is 3. The molecular formula is C21H23F3N8. The van der Waals surface area contributed by atoms with Crippen LogP contribution in [0.2, 0.25) is 0 Å². The molecule has 0 saturated carbocycles. The summed E-state index contributed by atoms with van der Waals surface area (Å²) in [5, 5.41) is 4.49. The van der Waals surface area contributed by atoms with Gasteiger partial charge in [0.1, 0.15) is 29.5 Å². The summed E-state index contributed by atoms with van der Waals surface area (Å²) < 4.78 is 41.3. The molecule has 32 heavy (non-hydrogen) atoms. The fourth-order valence-electron chi connectivity index (χ4n) is 4.71. The first-order valence-electron chi connectivity index (χ1n) is 10.5. The van der Waals surface area contributed by atoms with Gasteiger partial charge in [0.05, 0.1) is 5.69 Å². The molecule has 0 amide bonds. The molecule has 3 aromatic heterocycles. The Hall–Kier alpha value is -3.24. The van der Waals surface area contributed by atoms with Crippen LogP contribution in [-0.2, 0) is 6.18 Å². The largest absolute Gasteiger partial charge is 0.433 e. The van der Waals surface area contributed by atoms with Crippen LogP contribution in [0.5, 0.6) is 0 Å². The number of alkyl halides is 3. The SMILES string of the molecule is Cc1cc(C)n(-c2cc(N3CC4CN(c5cc(C(F)(F)F)nc(C)n5)CC4C3)ncn2)n1. The van der Waals surface area contributed by atoms with Crippen molar-refractivity contribution in [2.75, 3.05) is 36.0 Å². The van der Waals surface area contributed by atoms with Gasteiger partial charge in [0.25, 0.3) is 0 Å². The lowest BCUT2D eigenvalue weighted by molar-refractivity contribution is -0.141. The summed E-state index contributed by atoms with van der Waals surface area (Å²) in [7, 11) is 0. The normalized spacial score (nSPS) is 20.8. The molecule has 2 saturated heterocycles. The summed E-state index contributed by atoms with van der Waals surface area (Å²) in [6, 6.07) is 4.98. The van der Waals surface area contributed by atoms with Crippen LogP contribution >= 0.6 is 0 Å². The Balaban J connectivity index is 1.31. The highest BCUT2D eigenvalue weighted by molar-refractivity contribution is 5.48. The van der Waals surface area contributed by atoms with Crippen LogP contribution < -0.4 is 9.80 Å². The van der Waals surface area contributed by atoms with Gasteiger partial charge in [-0.15, -0.1) is 0 Å². The second kappa shape index (κ2) is 7.42. The Kier molecular flexibility index (Phi) is 4.79. The monoisotopic (exact) mass is 444 g/mol. The lowest BCUT2D eigenvalue weighted by atomic mass is 10.0. The predicted molar refractivity (Wildman–Crippen MR) is 112 cm³/mol. The van der Waals surface area contributed by atoms with E-state index in [0.717, 1.165) is 42.2 Å². The summed E-state index contributed by atoms with van der Waals surface area (Å²) in [4.78, 5) is 20.8. The van der Waals surface area contributed by atoms with Gasteiger partial charge < -0.3 is 9.80 Å². The van der Waals surface area contributed by atoms with Crippen LogP contribution in [0.4, 0.5) is 24.8 Å². The van der Waals surface area contributed by atoms with Crippen LogP contribution in [-0.4, -0.2) is 55.9 Å². The Bertz CT molecular complexity index is 1140. The zero-order chi connectivity index (χ0) is 22.6. The number of aryl methyl sites for hydroxylation is 3. The van der Waals surface area contributed by atoms with Crippen molar-refractivity contribution in [1.29, 1.82) is 0 Å². The summed E-state index contributed by atoms with van der Waals surface area (Å²) in [6.07, 6.45) is -2.94. The van der Waals surface area contributed by atoms with E-state index in [2.05, 4.69) is 29.9 Å². The topological polar surface area (TPSA) is 75.9 Å². The molecule has 11 heteroatoms. The molecule has 0 spiro atoms. The second-order valence-corrected chi connectivity index (χ2v) is 8.56. The van der Waals surface area contributed by atoms with E-state index in [-0.39, 0.29) is 5.82 Å². The van der Waals surface area contributed by atoms with Crippen LogP contribution in [0.15, 0.2) is 24.5 Å². The van der Waals surface area contributed by atoms with Gasteiger partial charge >= 0.3 is 6.18 Å². The number of hydrogen-bond donors (Lipinski definition) is 0. The first-order chi connectivity index (χ1) is 15.2. The van der Waals surface area contributed by atoms with Gasteiger partial charge in [-0.3, -0.25) is 0 Å². The molecule has 2 aliphatic heterocycles. The Morgan fingerprint density at radius 2 is 1.44 bits per heavy atom. The van der Waals surface area contributed by atoms with Crippen molar-refractivity contribution in [3.63, 3.8) is 0 Å². The first kappa shape index (κ1) is 20.7. The minimum atomic E-state index is -4.48. The van der Waals surface area contributed by atoms with Crippen molar-refractivity contribution in [2.45, 2.75) is 26.9 Å². The van der Waals surface area contributed by atoms with Gasteiger partial charge in [-0.2, -0.15) is 18.3 Å². The molecule has 2 unspecified atom stereocenters. The number of anilines is 2. The highest BCUT2D eigenvalue weighted by atomic mass is 19.4. The average Bonchev–Trinajstić information content (AvgIpc) is 3.39. The van der Waals surface area contributed by atoms with E-state index >= 15 is 0 Å². The minimum Gasteiger partial charge on any atom is -0.356 e. The van der Waals surface area contributed by atoms with E-state index in [1.807, 2.05) is 30.9 Å². The number of aromatic nitrogens is 6. The van der Waals surface area contributed by atoms with Gasteiger partial charge in [-0.1, -0.05) is 0 Å². The maximum atomic E-state index is 13.2. The third-order valence-corrected chi connectivity index (χ3v) is 6.11. The lowest BCUT2D eigenvalue weighted by Gasteiger charge is -2.24. The smallest absolute Gasteiger partial charge is 0.356 e.